The van der Waals surface area contributed by atoms with E-state index in [4.69, 9.17) is 4.42 Å². The molecule has 0 unspecified atom stereocenters. The van der Waals surface area contributed by atoms with Crippen molar-refractivity contribution in [1.29, 1.82) is 0 Å². The molecular weight excluding hydrogens is 420 g/mol. The van der Waals surface area contributed by atoms with Crippen molar-refractivity contribution in [3.63, 3.8) is 0 Å². The van der Waals surface area contributed by atoms with Gasteiger partial charge in [-0.1, -0.05) is 50.1 Å². The summed E-state index contributed by atoms with van der Waals surface area (Å²) < 4.78 is 7.81. The summed E-state index contributed by atoms with van der Waals surface area (Å²) in [6.07, 6.45) is 0. The molecule has 4 heteroatoms. The smallest absolute Gasteiger partial charge is 0.200 e. The molecule has 0 saturated heterocycles. The lowest BCUT2D eigenvalue weighted by Gasteiger charge is -2.06. The highest BCUT2D eigenvalue weighted by molar-refractivity contribution is 9.11. The highest BCUT2D eigenvalue weighted by Crippen LogP contribution is 2.30. The third-order valence-corrected chi connectivity index (χ3v) is 4.69. The second-order valence-corrected chi connectivity index (χ2v) is 7.13. The topological polar surface area (TPSA) is 30.2 Å². The molecule has 0 radical (unpaired) electrons. The van der Waals surface area contributed by atoms with E-state index in [2.05, 4.69) is 31.9 Å². The first-order valence-electron chi connectivity index (χ1n) is 7.04. The predicted molar refractivity (Wildman–Crippen MR) is 101 cm³/mol. The van der Waals surface area contributed by atoms with E-state index in [1.165, 1.54) is 0 Å². The number of rotatable bonds is 1. The number of hydrogen-bond donors (Lipinski definition) is 0. The van der Waals surface area contributed by atoms with E-state index in [0.29, 0.717) is 21.9 Å². The van der Waals surface area contributed by atoms with Gasteiger partial charge in [-0.3, -0.25) is 4.79 Å². The molecule has 3 aromatic carbocycles. The number of benzene rings is 3. The van der Waals surface area contributed by atoms with Crippen LogP contribution in [0.25, 0.3) is 33.1 Å². The van der Waals surface area contributed by atoms with Crippen LogP contribution in [0, 0.1) is 0 Å². The molecule has 1 aromatic heterocycles. The van der Waals surface area contributed by atoms with E-state index in [9.17, 15) is 4.79 Å². The molecule has 1 heterocycles. The average molecular weight is 430 g/mol. The summed E-state index contributed by atoms with van der Waals surface area (Å²) in [6.45, 7) is 0. The highest BCUT2D eigenvalue weighted by atomic mass is 79.9. The lowest BCUT2D eigenvalue weighted by Crippen LogP contribution is -2.01. The van der Waals surface area contributed by atoms with Crippen LogP contribution in [0.5, 0.6) is 0 Å². The van der Waals surface area contributed by atoms with Crippen LogP contribution >= 0.6 is 31.9 Å². The van der Waals surface area contributed by atoms with E-state index in [1.807, 2.05) is 54.6 Å². The molecular formula is C19H10Br2O2. The van der Waals surface area contributed by atoms with Crippen molar-refractivity contribution in [2.24, 2.45) is 0 Å². The number of halogens is 2. The van der Waals surface area contributed by atoms with Crippen LogP contribution in [0.15, 0.2) is 78.8 Å². The van der Waals surface area contributed by atoms with Crippen molar-refractivity contribution < 1.29 is 4.42 Å². The number of fused-ring (bicyclic) bond motifs is 2. The second kappa shape index (κ2) is 5.62. The first kappa shape index (κ1) is 14.7. The van der Waals surface area contributed by atoms with Gasteiger partial charge in [0.2, 0.25) is 5.43 Å². The van der Waals surface area contributed by atoms with Crippen molar-refractivity contribution in [2.75, 3.05) is 0 Å². The van der Waals surface area contributed by atoms with E-state index < -0.39 is 0 Å². The Kier molecular flexibility index (Phi) is 3.58. The molecule has 0 bridgehead atoms. The maximum absolute atomic E-state index is 12.7. The van der Waals surface area contributed by atoms with Crippen molar-refractivity contribution in [2.45, 2.75) is 0 Å². The van der Waals surface area contributed by atoms with Crippen LogP contribution in [0.1, 0.15) is 0 Å². The Balaban J connectivity index is 2.02. The molecule has 0 aliphatic carbocycles. The van der Waals surface area contributed by atoms with Gasteiger partial charge in [-0.15, -0.1) is 0 Å². The molecule has 0 N–H and O–H groups in total. The fourth-order valence-electron chi connectivity index (χ4n) is 2.70. The largest absolute Gasteiger partial charge is 0.456 e. The molecule has 0 spiro atoms. The molecule has 112 valence electrons. The van der Waals surface area contributed by atoms with Crippen LogP contribution in [0.2, 0.25) is 0 Å². The maximum atomic E-state index is 12.7. The zero-order chi connectivity index (χ0) is 16.0. The standard InChI is InChI=1S/C19H10Br2O2/c20-13-7-12(8-14(21)10-13)11-5-6-18-16(9-11)19(22)15-3-1-2-4-17(15)23-18/h1-10H. The molecule has 0 atom stereocenters. The Labute approximate surface area is 149 Å². The van der Waals surface area contributed by atoms with E-state index in [-0.39, 0.29) is 5.43 Å². The quantitative estimate of drug-likeness (QED) is 0.340. The molecule has 2 nitrogen and oxygen atoms in total. The van der Waals surface area contributed by atoms with E-state index in [0.717, 1.165) is 20.1 Å². The fraction of sp³-hybridized carbons (Fsp3) is 0. The minimum atomic E-state index is -0.00207. The summed E-state index contributed by atoms with van der Waals surface area (Å²) in [6, 6.07) is 19.1. The normalized spacial score (nSPS) is 11.2. The van der Waals surface area contributed by atoms with Gasteiger partial charge in [-0.05, 0) is 53.6 Å². The Bertz CT molecular complexity index is 1090. The van der Waals surface area contributed by atoms with Gasteiger partial charge < -0.3 is 4.42 Å². The Hall–Kier alpha value is -1.91. The van der Waals surface area contributed by atoms with Crippen LogP contribution in [-0.4, -0.2) is 0 Å². The minimum Gasteiger partial charge on any atom is -0.456 e. The highest BCUT2D eigenvalue weighted by Gasteiger charge is 2.09. The van der Waals surface area contributed by atoms with Crippen LogP contribution in [-0.2, 0) is 0 Å². The summed E-state index contributed by atoms with van der Waals surface area (Å²) in [5.74, 6) is 0. The summed E-state index contributed by atoms with van der Waals surface area (Å²) in [5, 5.41) is 1.20. The van der Waals surface area contributed by atoms with E-state index in [1.54, 1.807) is 6.07 Å². The van der Waals surface area contributed by atoms with Crippen molar-refractivity contribution in [3.8, 4) is 11.1 Å². The molecule has 0 aliphatic heterocycles. The first-order valence-corrected chi connectivity index (χ1v) is 8.62. The molecule has 4 aromatic rings. The van der Waals surface area contributed by atoms with Gasteiger partial charge in [0.25, 0.3) is 0 Å². The molecule has 0 saturated carbocycles. The molecule has 23 heavy (non-hydrogen) atoms. The number of hydrogen-bond acceptors (Lipinski definition) is 2. The zero-order valence-electron chi connectivity index (χ0n) is 11.8. The average Bonchev–Trinajstić information content (AvgIpc) is 2.54. The van der Waals surface area contributed by atoms with Crippen LogP contribution < -0.4 is 5.43 Å². The first-order chi connectivity index (χ1) is 11.1. The number of para-hydroxylation sites is 1. The lowest BCUT2D eigenvalue weighted by molar-refractivity contribution is 0.660. The van der Waals surface area contributed by atoms with Gasteiger partial charge in [0, 0.05) is 8.95 Å². The molecule has 0 fully saturated rings. The Morgan fingerprint density at radius 2 is 1.39 bits per heavy atom. The Morgan fingerprint density at radius 1 is 0.696 bits per heavy atom. The summed E-state index contributed by atoms with van der Waals surface area (Å²) >= 11 is 6.99. The van der Waals surface area contributed by atoms with Gasteiger partial charge in [-0.2, -0.15) is 0 Å². The third kappa shape index (κ3) is 2.62. The maximum Gasteiger partial charge on any atom is 0.200 e. The third-order valence-electron chi connectivity index (χ3n) is 3.77. The molecule has 0 amide bonds. The van der Waals surface area contributed by atoms with Crippen molar-refractivity contribution >= 4 is 53.8 Å². The van der Waals surface area contributed by atoms with Gasteiger partial charge in [0.05, 0.1) is 10.8 Å². The predicted octanol–water partition coefficient (Wildman–Crippen LogP) is 6.14. The molecule has 4 rings (SSSR count). The second-order valence-electron chi connectivity index (χ2n) is 5.30. The Morgan fingerprint density at radius 3 is 2.17 bits per heavy atom. The monoisotopic (exact) mass is 428 g/mol. The molecule has 0 aliphatic rings. The van der Waals surface area contributed by atoms with Gasteiger partial charge in [0.1, 0.15) is 11.2 Å². The summed E-state index contributed by atoms with van der Waals surface area (Å²) in [5.41, 5.74) is 3.22. The zero-order valence-corrected chi connectivity index (χ0v) is 15.0. The fourth-order valence-corrected chi connectivity index (χ4v) is 4.00. The lowest BCUT2D eigenvalue weighted by atomic mass is 10.0. The minimum absolute atomic E-state index is 0.00207. The summed E-state index contributed by atoms with van der Waals surface area (Å²) in [7, 11) is 0. The van der Waals surface area contributed by atoms with Gasteiger partial charge in [-0.25, -0.2) is 0 Å². The SMILES string of the molecule is O=c1c2ccccc2oc2ccc(-c3cc(Br)cc(Br)c3)cc12. The van der Waals surface area contributed by atoms with E-state index >= 15 is 0 Å². The van der Waals surface area contributed by atoms with Crippen LogP contribution in [0.4, 0.5) is 0 Å². The van der Waals surface area contributed by atoms with Crippen molar-refractivity contribution in [1.82, 2.24) is 0 Å². The van der Waals surface area contributed by atoms with Crippen molar-refractivity contribution in [3.05, 3.63) is 79.8 Å². The summed E-state index contributed by atoms with van der Waals surface area (Å²) in [4.78, 5) is 12.7. The van der Waals surface area contributed by atoms with Gasteiger partial charge in [0.15, 0.2) is 0 Å². The van der Waals surface area contributed by atoms with Crippen LogP contribution in [0.3, 0.4) is 0 Å². The van der Waals surface area contributed by atoms with Gasteiger partial charge >= 0.3 is 0 Å².